The molecule has 2 heterocycles. The first-order chi connectivity index (χ1) is 13.8. The number of halogens is 3. The molecule has 0 fully saturated rings. The summed E-state index contributed by atoms with van der Waals surface area (Å²) in [6, 6.07) is 9.83. The van der Waals surface area contributed by atoms with Gasteiger partial charge in [-0.1, -0.05) is 30.3 Å². The van der Waals surface area contributed by atoms with Crippen molar-refractivity contribution in [2.24, 2.45) is 0 Å². The van der Waals surface area contributed by atoms with Gasteiger partial charge in [0, 0.05) is 19.6 Å². The van der Waals surface area contributed by atoms with Crippen LogP contribution in [0, 0.1) is 0 Å². The van der Waals surface area contributed by atoms with Crippen molar-refractivity contribution in [3.8, 4) is 11.1 Å². The highest BCUT2D eigenvalue weighted by Gasteiger charge is 2.32. The molecule has 2 N–H and O–H groups in total. The van der Waals surface area contributed by atoms with E-state index in [9.17, 15) is 18.0 Å². The molecule has 0 saturated carbocycles. The van der Waals surface area contributed by atoms with E-state index in [0.29, 0.717) is 12.0 Å². The highest BCUT2D eigenvalue weighted by Crippen LogP contribution is 2.39. The second kappa shape index (κ2) is 7.55. The maximum atomic E-state index is 13.4. The van der Waals surface area contributed by atoms with Crippen molar-refractivity contribution >= 4 is 11.7 Å². The van der Waals surface area contributed by atoms with Crippen LogP contribution in [0.5, 0.6) is 0 Å². The van der Waals surface area contributed by atoms with Gasteiger partial charge < -0.3 is 15.3 Å². The molecule has 2 aromatic rings. The Morgan fingerprint density at radius 3 is 2.59 bits per heavy atom. The average Bonchev–Trinajstić information content (AvgIpc) is 2.72. The number of nitrogens with zero attached hydrogens (tertiary/aromatic N) is 1. The van der Waals surface area contributed by atoms with Crippen LogP contribution in [0.2, 0.25) is 0 Å². The minimum Gasteiger partial charge on any atom is -0.465 e. The molecule has 0 aliphatic carbocycles. The van der Waals surface area contributed by atoms with Crippen LogP contribution in [0.25, 0.3) is 16.7 Å². The first-order valence-corrected chi connectivity index (χ1v) is 9.55. The molecule has 0 spiro atoms. The van der Waals surface area contributed by atoms with E-state index in [-0.39, 0.29) is 13.1 Å². The highest BCUT2D eigenvalue weighted by atomic mass is 19.4. The predicted octanol–water partition coefficient (Wildman–Crippen LogP) is 4.79. The van der Waals surface area contributed by atoms with Crippen LogP contribution in [0.4, 0.5) is 18.0 Å². The van der Waals surface area contributed by atoms with Gasteiger partial charge in [0.05, 0.1) is 5.56 Å². The van der Waals surface area contributed by atoms with Gasteiger partial charge in [-0.3, -0.25) is 0 Å². The van der Waals surface area contributed by atoms with Gasteiger partial charge in [-0.25, -0.2) is 4.79 Å². The largest absolute Gasteiger partial charge is 0.465 e. The summed E-state index contributed by atoms with van der Waals surface area (Å²) in [7, 11) is 0. The number of carbonyl (C=O) groups is 1. The Morgan fingerprint density at radius 2 is 1.90 bits per heavy atom. The van der Waals surface area contributed by atoms with Crippen LogP contribution >= 0.6 is 0 Å². The lowest BCUT2D eigenvalue weighted by Gasteiger charge is -2.27. The van der Waals surface area contributed by atoms with Gasteiger partial charge in [0.2, 0.25) is 0 Å². The summed E-state index contributed by atoms with van der Waals surface area (Å²) >= 11 is 0. The Bertz CT molecular complexity index is 983. The Kier molecular flexibility index (Phi) is 5.08. The van der Waals surface area contributed by atoms with Crippen LogP contribution in [0.15, 0.2) is 42.5 Å². The number of benzene rings is 2. The monoisotopic (exact) mass is 402 g/mol. The third kappa shape index (κ3) is 3.87. The highest BCUT2D eigenvalue weighted by molar-refractivity contribution is 5.84. The number of alkyl halides is 3. The van der Waals surface area contributed by atoms with Crippen molar-refractivity contribution in [1.82, 2.24) is 10.2 Å². The van der Waals surface area contributed by atoms with Gasteiger partial charge in [0.15, 0.2) is 0 Å². The van der Waals surface area contributed by atoms with E-state index in [4.69, 9.17) is 5.11 Å². The third-order valence-electron chi connectivity index (χ3n) is 5.60. The van der Waals surface area contributed by atoms with Crippen LogP contribution in [-0.4, -0.2) is 35.7 Å². The van der Waals surface area contributed by atoms with Crippen molar-refractivity contribution in [2.45, 2.75) is 25.6 Å². The lowest BCUT2D eigenvalue weighted by Crippen LogP contribution is -2.33. The fraction of sp³-hybridized carbons (Fsp3) is 0.318. The zero-order valence-corrected chi connectivity index (χ0v) is 15.7. The van der Waals surface area contributed by atoms with Gasteiger partial charge in [-0.05, 0) is 64.9 Å². The summed E-state index contributed by atoms with van der Waals surface area (Å²) < 4.78 is 40.2. The first-order valence-electron chi connectivity index (χ1n) is 9.55. The Morgan fingerprint density at radius 1 is 1.07 bits per heavy atom. The van der Waals surface area contributed by atoms with E-state index in [2.05, 4.69) is 5.32 Å². The van der Waals surface area contributed by atoms with Crippen molar-refractivity contribution in [3.63, 3.8) is 0 Å². The predicted molar refractivity (Wildman–Crippen MR) is 104 cm³/mol. The number of rotatable bonds is 2. The summed E-state index contributed by atoms with van der Waals surface area (Å²) in [4.78, 5) is 12.4. The lowest BCUT2D eigenvalue weighted by atomic mass is 9.85. The van der Waals surface area contributed by atoms with Crippen LogP contribution in [-0.2, 0) is 19.1 Å². The number of hydrogen-bond acceptors (Lipinski definition) is 2. The Balaban J connectivity index is 1.84. The number of nitrogens with one attached hydrogen (secondary N) is 1. The van der Waals surface area contributed by atoms with Crippen molar-refractivity contribution in [2.75, 3.05) is 19.6 Å². The second-order valence-electron chi connectivity index (χ2n) is 7.34. The van der Waals surface area contributed by atoms with E-state index < -0.39 is 17.8 Å². The molecule has 2 aliphatic rings. The number of hydrogen-bond donors (Lipinski definition) is 2. The molecule has 2 aliphatic heterocycles. The molecular formula is C22H21F3N2O2. The zero-order valence-electron chi connectivity index (χ0n) is 15.7. The molecule has 0 bridgehead atoms. The van der Waals surface area contributed by atoms with E-state index in [1.165, 1.54) is 11.0 Å². The molecule has 2 aromatic carbocycles. The number of amides is 1. The third-order valence-corrected chi connectivity index (χ3v) is 5.60. The van der Waals surface area contributed by atoms with E-state index >= 15 is 0 Å². The topological polar surface area (TPSA) is 52.6 Å². The van der Waals surface area contributed by atoms with Gasteiger partial charge in [-0.15, -0.1) is 0 Å². The fourth-order valence-electron chi connectivity index (χ4n) is 4.09. The van der Waals surface area contributed by atoms with Gasteiger partial charge in [0.1, 0.15) is 0 Å². The van der Waals surface area contributed by atoms with E-state index in [1.54, 1.807) is 12.1 Å². The molecule has 0 saturated heterocycles. The van der Waals surface area contributed by atoms with Crippen molar-refractivity contribution in [3.05, 3.63) is 64.7 Å². The molecule has 152 valence electrons. The molecule has 29 heavy (non-hydrogen) atoms. The van der Waals surface area contributed by atoms with Crippen LogP contribution < -0.4 is 5.32 Å². The lowest BCUT2D eigenvalue weighted by molar-refractivity contribution is -0.137. The molecule has 4 rings (SSSR count). The maximum absolute atomic E-state index is 13.4. The quantitative estimate of drug-likeness (QED) is 0.760. The SMILES string of the molecule is O=C(O)N1CC=C(c2cc(C(F)(F)F)ccc2-c2cccc3c2CCNC3)CC1. The van der Waals surface area contributed by atoms with Crippen LogP contribution in [0.3, 0.4) is 0 Å². The number of fused-ring (bicyclic) bond motifs is 1. The zero-order chi connectivity index (χ0) is 20.6. The van der Waals surface area contributed by atoms with Crippen LogP contribution in [0.1, 0.15) is 28.7 Å². The molecular weight excluding hydrogens is 381 g/mol. The average molecular weight is 402 g/mol. The second-order valence-corrected chi connectivity index (χ2v) is 7.34. The van der Waals surface area contributed by atoms with E-state index in [0.717, 1.165) is 53.4 Å². The Labute approximate surface area is 166 Å². The van der Waals surface area contributed by atoms with Crippen molar-refractivity contribution in [1.29, 1.82) is 0 Å². The van der Waals surface area contributed by atoms with Gasteiger partial charge in [-0.2, -0.15) is 13.2 Å². The molecule has 1 amide bonds. The standard InChI is InChI=1S/C22H21F3N2O2/c23-22(24,25)16-4-5-19(18-3-1-2-15-13-26-9-6-17(15)18)20(12-16)14-7-10-27(11-8-14)21(28)29/h1-5,7,12,26H,6,8-11,13H2,(H,28,29). The van der Waals surface area contributed by atoms with Gasteiger partial charge in [0.25, 0.3) is 0 Å². The molecule has 0 atom stereocenters. The Hall–Kier alpha value is -2.80. The summed E-state index contributed by atoms with van der Waals surface area (Å²) in [5.74, 6) is 0. The minimum atomic E-state index is -4.43. The molecule has 7 heteroatoms. The first kappa shape index (κ1) is 19.5. The molecule has 0 aromatic heterocycles. The summed E-state index contributed by atoms with van der Waals surface area (Å²) in [5, 5.41) is 12.5. The summed E-state index contributed by atoms with van der Waals surface area (Å²) in [6.07, 6.45) is -2.52. The van der Waals surface area contributed by atoms with E-state index in [1.807, 2.05) is 18.2 Å². The van der Waals surface area contributed by atoms with Crippen molar-refractivity contribution < 1.29 is 23.1 Å². The fourth-order valence-corrected chi connectivity index (χ4v) is 4.09. The molecule has 0 unspecified atom stereocenters. The normalized spacial score (nSPS) is 16.9. The maximum Gasteiger partial charge on any atom is 0.416 e. The smallest absolute Gasteiger partial charge is 0.416 e. The van der Waals surface area contributed by atoms with Gasteiger partial charge >= 0.3 is 12.3 Å². The number of carboxylic acid groups (broad SMARTS) is 1. The minimum absolute atomic E-state index is 0.178. The summed E-state index contributed by atoms with van der Waals surface area (Å²) in [6.45, 7) is 2.02. The molecule has 0 radical (unpaired) electrons. The molecule has 4 nitrogen and oxygen atoms in total. The summed E-state index contributed by atoms with van der Waals surface area (Å²) in [5.41, 5.74) is 4.65.